The Bertz CT molecular complexity index is 700. The predicted molar refractivity (Wildman–Crippen MR) is 66.8 cm³/mol. The highest BCUT2D eigenvalue weighted by Crippen LogP contribution is 2.40. The Labute approximate surface area is 120 Å². The first-order valence-electron chi connectivity index (χ1n) is 5.40. The molecular formula is C11H7ClF3N3O3. The molecule has 0 aliphatic heterocycles. The number of benzene rings is 1. The zero-order valence-electron chi connectivity index (χ0n) is 10.4. The Kier molecular flexibility index (Phi) is 3.77. The van der Waals surface area contributed by atoms with Gasteiger partial charge in [0.05, 0.1) is 17.7 Å². The standard InChI is InChI=1S/C11H7ClF3N3O3/c1-21-7-4-2-3-6(5-7)17-10(12)8(18(19)20)9(16-17)11(13,14)15/h2-5H,1H3. The van der Waals surface area contributed by atoms with Crippen molar-refractivity contribution in [3.05, 3.63) is 45.2 Å². The van der Waals surface area contributed by atoms with Gasteiger partial charge in [0, 0.05) is 6.07 Å². The van der Waals surface area contributed by atoms with Crippen LogP contribution in [0.1, 0.15) is 5.69 Å². The van der Waals surface area contributed by atoms with E-state index in [1.54, 1.807) is 6.07 Å². The molecule has 2 rings (SSSR count). The van der Waals surface area contributed by atoms with Crippen LogP contribution >= 0.6 is 11.6 Å². The summed E-state index contributed by atoms with van der Waals surface area (Å²) in [6.07, 6.45) is -4.99. The number of nitro groups is 1. The van der Waals surface area contributed by atoms with E-state index in [2.05, 4.69) is 5.10 Å². The molecule has 0 unspecified atom stereocenters. The third kappa shape index (κ3) is 2.77. The van der Waals surface area contributed by atoms with Crippen molar-refractivity contribution < 1.29 is 22.8 Å². The topological polar surface area (TPSA) is 70.2 Å². The van der Waals surface area contributed by atoms with Crippen molar-refractivity contribution in [3.63, 3.8) is 0 Å². The molecule has 0 spiro atoms. The third-order valence-electron chi connectivity index (χ3n) is 2.55. The molecule has 0 saturated heterocycles. The number of nitrogens with zero attached hydrogens (tertiary/aromatic N) is 3. The van der Waals surface area contributed by atoms with Crippen LogP contribution in [-0.4, -0.2) is 21.8 Å². The Morgan fingerprint density at radius 1 is 1.43 bits per heavy atom. The van der Waals surface area contributed by atoms with Crippen LogP contribution in [-0.2, 0) is 6.18 Å². The minimum atomic E-state index is -4.99. The van der Waals surface area contributed by atoms with Crippen molar-refractivity contribution >= 4 is 17.3 Å². The van der Waals surface area contributed by atoms with Gasteiger partial charge < -0.3 is 4.74 Å². The number of halogens is 4. The van der Waals surface area contributed by atoms with Crippen LogP contribution in [0.5, 0.6) is 5.75 Å². The lowest BCUT2D eigenvalue weighted by Gasteiger charge is -2.05. The average molecular weight is 322 g/mol. The van der Waals surface area contributed by atoms with Crippen LogP contribution in [0.15, 0.2) is 24.3 Å². The van der Waals surface area contributed by atoms with Gasteiger partial charge in [-0.25, -0.2) is 4.68 Å². The van der Waals surface area contributed by atoms with Gasteiger partial charge in [0.2, 0.25) is 10.8 Å². The van der Waals surface area contributed by atoms with Gasteiger partial charge in [-0.2, -0.15) is 18.3 Å². The molecule has 0 N–H and O–H groups in total. The summed E-state index contributed by atoms with van der Waals surface area (Å²) in [6, 6.07) is 5.79. The van der Waals surface area contributed by atoms with Gasteiger partial charge in [-0.15, -0.1) is 0 Å². The zero-order valence-corrected chi connectivity index (χ0v) is 11.1. The molecule has 2 aromatic rings. The maximum atomic E-state index is 12.8. The van der Waals surface area contributed by atoms with Crippen LogP contribution in [0.25, 0.3) is 5.69 Å². The highest BCUT2D eigenvalue weighted by molar-refractivity contribution is 6.32. The molecule has 1 aromatic carbocycles. The summed E-state index contributed by atoms with van der Waals surface area (Å²) in [6.45, 7) is 0. The van der Waals surface area contributed by atoms with Gasteiger partial charge in [0.25, 0.3) is 0 Å². The molecule has 112 valence electrons. The highest BCUT2D eigenvalue weighted by Gasteiger charge is 2.45. The second-order valence-electron chi connectivity index (χ2n) is 3.86. The van der Waals surface area contributed by atoms with Gasteiger partial charge in [0.1, 0.15) is 5.75 Å². The molecule has 0 atom stereocenters. The smallest absolute Gasteiger partial charge is 0.442 e. The molecule has 0 fully saturated rings. The summed E-state index contributed by atoms with van der Waals surface area (Å²) in [5, 5.41) is 13.3. The molecule has 0 amide bonds. The molecule has 6 nitrogen and oxygen atoms in total. The summed E-state index contributed by atoms with van der Waals surface area (Å²) < 4.78 is 44.0. The molecule has 0 bridgehead atoms. The first kappa shape index (κ1) is 15.1. The summed E-state index contributed by atoms with van der Waals surface area (Å²) in [7, 11) is 1.37. The van der Waals surface area contributed by atoms with E-state index in [0.717, 1.165) is 0 Å². The van der Waals surface area contributed by atoms with Crippen molar-refractivity contribution in [2.75, 3.05) is 7.11 Å². The lowest BCUT2D eigenvalue weighted by Crippen LogP contribution is -2.09. The number of hydrogen-bond acceptors (Lipinski definition) is 4. The van der Waals surface area contributed by atoms with E-state index in [1.807, 2.05) is 0 Å². The second kappa shape index (κ2) is 5.24. The molecular weight excluding hydrogens is 315 g/mol. The van der Waals surface area contributed by atoms with Gasteiger partial charge in [-0.3, -0.25) is 10.1 Å². The number of aromatic nitrogens is 2. The van der Waals surface area contributed by atoms with E-state index in [4.69, 9.17) is 16.3 Å². The first-order valence-corrected chi connectivity index (χ1v) is 5.78. The van der Waals surface area contributed by atoms with E-state index in [0.29, 0.717) is 10.4 Å². The Balaban J connectivity index is 2.68. The Morgan fingerprint density at radius 2 is 2.10 bits per heavy atom. The van der Waals surface area contributed by atoms with Gasteiger partial charge in [-0.1, -0.05) is 17.7 Å². The van der Waals surface area contributed by atoms with Crippen LogP contribution in [0.4, 0.5) is 18.9 Å². The van der Waals surface area contributed by atoms with Crippen molar-refractivity contribution in [2.24, 2.45) is 0 Å². The molecule has 1 heterocycles. The van der Waals surface area contributed by atoms with Crippen molar-refractivity contribution in [1.82, 2.24) is 9.78 Å². The maximum absolute atomic E-state index is 12.8. The van der Waals surface area contributed by atoms with Crippen molar-refractivity contribution in [2.45, 2.75) is 6.18 Å². The second-order valence-corrected chi connectivity index (χ2v) is 4.21. The lowest BCUT2D eigenvalue weighted by atomic mass is 10.3. The van der Waals surface area contributed by atoms with Crippen LogP contribution in [0.3, 0.4) is 0 Å². The molecule has 0 aliphatic carbocycles. The van der Waals surface area contributed by atoms with Crippen LogP contribution < -0.4 is 4.74 Å². The van der Waals surface area contributed by atoms with E-state index in [1.165, 1.54) is 25.3 Å². The van der Waals surface area contributed by atoms with E-state index in [9.17, 15) is 23.3 Å². The number of methoxy groups -OCH3 is 1. The largest absolute Gasteiger partial charge is 0.497 e. The fourth-order valence-electron chi connectivity index (χ4n) is 1.66. The average Bonchev–Trinajstić information content (AvgIpc) is 2.76. The minimum Gasteiger partial charge on any atom is -0.497 e. The predicted octanol–water partition coefficient (Wildman–Crippen LogP) is 3.46. The monoisotopic (exact) mass is 321 g/mol. The van der Waals surface area contributed by atoms with Crippen LogP contribution in [0, 0.1) is 10.1 Å². The van der Waals surface area contributed by atoms with E-state index < -0.39 is 27.6 Å². The van der Waals surface area contributed by atoms with Gasteiger partial charge in [-0.05, 0) is 12.1 Å². The van der Waals surface area contributed by atoms with Crippen molar-refractivity contribution in [1.29, 1.82) is 0 Å². The molecule has 0 radical (unpaired) electrons. The summed E-state index contributed by atoms with van der Waals surface area (Å²) in [5.74, 6) is 0.343. The Morgan fingerprint density at radius 3 is 2.57 bits per heavy atom. The number of hydrogen-bond donors (Lipinski definition) is 0. The maximum Gasteiger partial charge on any atom is 0.442 e. The third-order valence-corrected chi connectivity index (χ3v) is 2.89. The number of rotatable bonds is 3. The Hall–Kier alpha value is -2.29. The molecule has 0 aliphatic rings. The van der Waals surface area contributed by atoms with Gasteiger partial charge >= 0.3 is 11.9 Å². The summed E-state index contributed by atoms with van der Waals surface area (Å²) in [4.78, 5) is 9.59. The van der Waals surface area contributed by atoms with Crippen molar-refractivity contribution in [3.8, 4) is 11.4 Å². The van der Waals surface area contributed by atoms with E-state index >= 15 is 0 Å². The SMILES string of the molecule is COc1cccc(-n2nc(C(F)(F)F)c([N+](=O)[O-])c2Cl)c1. The molecule has 0 saturated carbocycles. The van der Waals surface area contributed by atoms with Gasteiger partial charge in [0.15, 0.2) is 0 Å². The molecule has 21 heavy (non-hydrogen) atoms. The lowest BCUT2D eigenvalue weighted by molar-refractivity contribution is -0.388. The number of ether oxygens (including phenoxy) is 1. The summed E-state index contributed by atoms with van der Waals surface area (Å²) in [5.41, 5.74) is -2.83. The fourth-order valence-corrected chi connectivity index (χ4v) is 1.95. The fraction of sp³-hybridized carbons (Fsp3) is 0.182. The quantitative estimate of drug-likeness (QED) is 0.641. The normalized spacial score (nSPS) is 11.5. The molecule has 10 heteroatoms. The summed E-state index contributed by atoms with van der Waals surface area (Å²) >= 11 is 5.68. The zero-order chi connectivity index (χ0) is 15.8. The highest BCUT2D eigenvalue weighted by atomic mass is 35.5. The minimum absolute atomic E-state index is 0.109. The molecule has 1 aromatic heterocycles. The first-order chi connectivity index (χ1) is 9.75. The van der Waals surface area contributed by atoms with Crippen LogP contribution in [0.2, 0.25) is 5.15 Å². The number of alkyl halides is 3. The van der Waals surface area contributed by atoms with E-state index in [-0.39, 0.29) is 5.69 Å².